The summed E-state index contributed by atoms with van der Waals surface area (Å²) in [6, 6.07) is 6.88. The van der Waals surface area contributed by atoms with Crippen molar-refractivity contribution in [2.45, 2.75) is 46.1 Å². The Morgan fingerprint density at radius 1 is 1.19 bits per heavy atom. The average Bonchev–Trinajstić information content (AvgIpc) is 2.42. The second-order valence-electron chi connectivity index (χ2n) is 6.37. The maximum atomic E-state index is 12.3. The Hall–Kier alpha value is -1.84. The summed E-state index contributed by atoms with van der Waals surface area (Å²) in [5, 5.41) is 2.90. The predicted molar refractivity (Wildman–Crippen MR) is 85.5 cm³/mol. The number of nitrogens with zero attached hydrogens (tertiary/aromatic N) is 1. The SMILES string of the molecule is CCCCN(C)C(=O)c1cccc(C(=O)NC(C)(C)C)c1. The van der Waals surface area contributed by atoms with Crippen molar-refractivity contribution in [2.24, 2.45) is 0 Å². The molecule has 0 heterocycles. The number of hydrogen-bond donors (Lipinski definition) is 1. The number of benzene rings is 1. The first-order valence-corrected chi connectivity index (χ1v) is 7.42. The van der Waals surface area contributed by atoms with E-state index < -0.39 is 0 Å². The van der Waals surface area contributed by atoms with Gasteiger partial charge in [0.05, 0.1) is 0 Å². The molecule has 0 spiro atoms. The molecule has 1 aromatic rings. The van der Waals surface area contributed by atoms with Gasteiger partial charge in [-0.2, -0.15) is 0 Å². The second-order valence-corrected chi connectivity index (χ2v) is 6.37. The first kappa shape index (κ1) is 17.2. The lowest BCUT2D eigenvalue weighted by Crippen LogP contribution is -2.40. The third-order valence-corrected chi connectivity index (χ3v) is 3.05. The number of carbonyl (C=O) groups is 2. The molecule has 4 heteroatoms. The van der Waals surface area contributed by atoms with Crippen molar-refractivity contribution in [1.82, 2.24) is 10.2 Å². The molecule has 0 saturated heterocycles. The molecule has 21 heavy (non-hydrogen) atoms. The van der Waals surface area contributed by atoms with Crippen molar-refractivity contribution in [3.8, 4) is 0 Å². The van der Waals surface area contributed by atoms with Crippen LogP contribution in [-0.4, -0.2) is 35.8 Å². The number of nitrogens with one attached hydrogen (secondary N) is 1. The largest absolute Gasteiger partial charge is 0.347 e. The van der Waals surface area contributed by atoms with Crippen LogP contribution in [0.3, 0.4) is 0 Å². The standard InChI is InChI=1S/C17H26N2O2/c1-6-7-11-19(5)16(21)14-10-8-9-13(12-14)15(20)18-17(2,3)4/h8-10,12H,6-7,11H2,1-5H3,(H,18,20). The van der Waals surface area contributed by atoms with Crippen molar-refractivity contribution in [3.63, 3.8) is 0 Å². The van der Waals surface area contributed by atoms with Crippen LogP contribution in [0.5, 0.6) is 0 Å². The zero-order valence-corrected chi connectivity index (χ0v) is 13.7. The third kappa shape index (κ3) is 5.58. The van der Waals surface area contributed by atoms with Gasteiger partial charge >= 0.3 is 0 Å². The van der Waals surface area contributed by atoms with E-state index in [1.165, 1.54) is 0 Å². The number of rotatable bonds is 5. The van der Waals surface area contributed by atoms with E-state index in [0.717, 1.165) is 19.4 Å². The van der Waals surface area contributed by atoms with E-state index in [0.29, 0.717) is 11.1 Å². The van der Waals surface area contributed by atoms with Crippen molar-refractivity contribution in [1.29, 1.82) is 0 Å². The molecular formula is C17H26N2O2. The van der Waals surface area contributed by atoms with E-state index >= 15 is 0 Å². The van der Waals surface area contributed by atoms with E-state index in [1.807, 2.05) is 20.8 Å². The van der Waals surface area contributed by atoms with Gasteiger partial charge in [-0.25, -0.2) is 0 Å². The summed E-state index contributed by atoms with van der Waals surface area (Å²) in [7, 11) is 1.79. The quantitative estimate of drug-likeness (QED) is 0.906. The van der Waals surface area contributed by atoms with Gasteiger partial charge in [0.2, 0.25) is 0 Å². The highest BCUT2D eigenvalue weighted by molar-refractivity contribution is 5.99. The summed E-state index contributed by atoms with van der Waals surface area (Å²) in [4.78, 5) is 26.1. The average molecular weight is 290 g/mol. The van der Waals surface area contributed by atoms with Crippen LogP contribution in [0.2, 0.25) is 0 Å². The summed E-state index contributed by atoms with van der Waals surface area (Å²) in [6.45, 7) is 8.61. The summed E-state index contributed by atoms with van der Waals surface area (Å²) in [6.07, 6.45) is 2.03. The lowest BCUT2D eigenvalue weighted by Gasteiger charge is -2.21. The zero-order chi connectivity index (χ0) is 16.0. The molecule has 0 saturated carbocycles. The van der Waals surface area contributed by atoms with Crippen LogP contribution in [0.4, 0.5) is 0 Å². The highest BCUT2D eigenvalue weighted by atomic mass is 16.2. The van der Waals surface area contributed by atoms with Gasteiger partial charge in [-0.3, -0.25) is 9.59 Å². The summed E-state index contributed by atoms with van der Waals surface area (Å²) < 4.78 is 0. The molecule has 0 aliphatic heterocycles. The number of carbonyl (C=O) groups excluding carboxylic acids is 2. The minimum atomic E-state index is -0.297. The van der Waals surface area contributed by atoms with E-state index in [2.05, 4.69) is 12.2 Å². The molecule has 1 N–H and O–H groups in total. The maximum Gasteiger partial charge on any atom is 0.253 e. The third-order valence-electron chi connectivity index (χ3n) is 3.05. The fourth-order valence-corrected chi connectivity index (χ4v) is 1.92. The Kier molecular flexibility index (Phi) is 5.94. The molecule has 0 unspecified atom stereocenters. The molecule has 0 radical (unpaired) electrons. The van der Waals surface area contributed by atoms with Crippen LogP contribution >= 0.6 is 0 Å². The Balaban J connectivity index is 2.85. The monoisotopic (exact) mass is 290 g/mol. The molecule has 0 atom stereocenters. The summed E-state index contributed by atoms with van der Waals surface area (Å²) in [5.41, 5.74) is 0.768. The number of amides is 2. The molecule has 0 aliphatic rings. The van der Waals surface area contributed by atoms with Gasteiger partial charge in [-0.1, -0.05) is 19.4 Å². The van der Waals surface area contributed by atoms with Gasteiger partial charge in [0.15, 0.2) is 0 Å². The van der Waals surface area contributed by atoms with E-state index in [-0.39, 0.29) is 17.4 Å². The Bertz CT molecular complexity index is 504. The lowest BCUT2D eigenvalue weighted by atomic mass is 10.1. The predicted octanol–water partition coefficient (Wildman–Crippen LogP) is 3.09. The molecule has 1 rings (SSSR count). The smallest absolute Gasteiger partial charge is 0.253 e. The van der Waals surface area contributed by atoms with Crippen LogP contribution < -0.4 is 5.32 Å². The van der Waals surface area contributed by atoms with E-state index in [4.69, 9.17) is 0 Å². The minimum Gasteiger partial charge on any atom is -0.347 e. The van der Waals surface area contributed by atoms with Crippen LogP contribution in [0.1, 0.15) is 61.3 Å². The lowest BCUT2D eigenvalue weighted by molar-refractivity contribution is 0.0793. The van der Waals surface area contributed by atoms with E-state index in [9.17, 15) is 9.59 Å². The fourth-order valence-electron chi connectivity index (χ4n) is 1.92. The summed E-state index contributed by atoms with van der Waals surface area (Å²) in [5.74, 6) is -0.206. The Morgan fingerprint density at radius 3 is 2.38 bits per heavy atom. The normalized spacial score (nSPS) is 11.1. The summed E-state index contributed by atoms with van der Waals surface area (Å²) >= 11 is 0. The number of hydrogen-bond acceptors (Lipinski definition) is 2. The van der Waals surface area contributed by atoms with Crippen molar-refractivity contribution < 1.29 is 9.59 Å². The van der Waals surface area contributed by atoms with Crippen LogP contribution in [-0.2, 0) is 0 Å². The number of unbranched alkanes of at least 4 members (excludes halogenated alkanes) is 1. The first-order chi connectivity index (χ1) is 9.74. The van der Waals surface area contributed by atoms with Gasteiger partial charge < -0.3 is 10.2 Å². The molecule has 0 bridgehead atoms. The Labute approximate surface area is 127 Å². The van der Waals surface area contributed by atoms with Crippen LogP contribution in [0.15, 0.2) is 24.3 Å². The van der Waals surface area contributed by atoms with Gasteiger partial charge in [0.25, 0.3) is 11.8 Å². The van der Waals surface area contributed by atoms with Gasteiger partial charge in [0.1, 0.15) is 0 Å². The van der Waals surface area contributed by atoms with Gasteiger partial charge in [0, 0.05) is 30.3 Å². The molecule has 116 valence electrons. The first-order valence-electron chi connectivity index (χ1n) is 7.42. The van der Waals surface area contributed by atoms with Gasteiger partial charge in [-0.05, 0) is 45.4 Å². The molecule has 0 aliphatic carbocycles. The Morgan fingerprint density at radius 2 is 1.81 bits per heavy atom. The van der Waals surface area contributed by atoms with Crippen LogP contribution in [0, 0.1) is 0 Å². The minimum absolute atomic E-state index is 0.0474. The van der Waals surface area contributed by atoms with Crippen molar-refractivity contribution in [2.75, 3.05) is 13.6 Å². The van der Waals surface area contributed by atoms with Gasteiger partial charge in [-0.15, -0.1) is 0 Å². The molecule has 0 fully saturated rings. The van der Waals surface area contributed by atoms with E-state index in [1.54, 1.807) is 36.2 Å². The highest BCUT2D eigenvalue weighted by Gasteiger charge is 2.17. The van der Waals surface area contributed by atoms with Crippen molar-refractivity contribution >= 4 is 11.8 Å². The molecular weight excluding hydrogens is 264 g/mol. The molecule has 2 amide bonds. The molecule has 4 nitrogen and oxygen atoms in total. The fraction of sp³-hybridized carbons (Fsp3) is 0.529. The van der Waals surface area contributed by atoms with Crippen molar-refractivity contribution in [3.05, 3.63) is 35.4 Å². The maximum absolute atomic E-state index is 12.3. The topological polar surface area (TPSA) is 49.4 Å². The zero-order valence-electron chi connectivity index (χ0n) is 13.7. The second kappa shape index (κ2) is 7.25. The van der Waals surface area contributed by atoms with Crippen LogP contribution in [0.25, 0.3) is 0 Å². The molecule has 0 aromatic heterocycles. The highest BCUT2D eigenvalue weighted by Crippen LogP contribution is 2.10. The molecule has 1 aromatic carbocycles.